The van der Waals surface area contributed by atoms with Gasteiger partial charge in [-0.3, -0.25) is 10.1 Å². The van der Waals surface area contributed by atoms with Crippen LogP contribution in [0.25, 0.3) is 0 Å². The first kappa shape index (κ1) is 14.7. The zero-order valence-electron chi connectivity index (χ0n) is 11.4. The molecule has 0 heterocycles. The second-order valence-electron chi connectivity index (χ2n) is 5.70. The number of nitrogens with zero attached hydrogens (tertiary/aromatic N) is 1. The van der Waals surface area contributed by atoms with Crippen LogP contribution in [-0.4, -0.2) is 22.2 Å². The highest BCUT2D eigenvalue weighted by Crippen LogP contribution is 2.33. The van der Waals surface area contributed by atoms with Crippen molar-refractivity contribution in [2.45, 2.75) is 38.2 Å². The Morgan fingerprint density at radius 1 is 1.60 bits per heavy atom. The van der Waals surface area contributed by atoms with Crippen LogP contribution in [-0.2, 0) is 0 Å². The van der Waals surface area contributed by atoms with E-state index in [2.05, 4.69) is 12.2 Å². The fraction of sp³-hybridized carbons (Fsp3) is 0.571. The third-order valence-corrected chi connectivity index (χ3v) is 3.83. The van der Waals surface area contributed by atoms with E-state index in [1.165, 1.54) is 0 Å². The predicted octanol–water partition coefficient (Wildman–Crippen LogP) is 3.09. The van der Waals surface area contributed by atoms with Crippen molar-refractivity contribution in [3.63, 3.8) is 0 Å². The van der Waals surface area contributed by atoms with Crippen LogP contribution in [0, 0.1) is 21.8 Å². The van der Waals surface area contributed by atoms with Crippen molar-refractivity contribution in [1.82, 2.24) is 0 Å². The van der Waals surface area contributed by atoms with Crippen molar-refractivity contribution >= 4 is 11.4 Å². The van der Waals surface area contributed by atoms with Crippen LogP contribution in [0.5, 0.6) is 0 Å². The van der Waals surface area contributed by atoms with Crippen molar-refractivity contribution in [3.05, 3.63) is 34.1 Å². The largest absolute Gasteiger partial charge is 0.388 e. The SMILES string of the molecule is CC1CCCC(O)(CNc2cc(F)ccc2[N+](=O)[O-])C1. The van der Waals surface area contributed by atoms with Crippen LogP contribution in [0.3, 0.4) is 0 Å². The van der Waals surface area contributed by atoms with Gasteiger partial charge < -0.3 is 10.4 Å². The van der Waals surface area contributed by atoms with Gasteiger partial charge in [0.05, 0.1) is 10.5 Å². The molecule has 0 radical (unpaired) electrons. The number of aliphatic hydroxyl groups is 1. The van der Waals surface area contributed by atoms with Crippen LogP contribution in [0.1, 0.15) is 32.6 Å². The van der Waals surface area contributed by atoms with Gasteiger partial charge >= 0.3 is 0 Å². The van der Waals surface area contributed by atoms with Crippen molar-refractivity contribution < 1.29 is 14.4 Å². The number of rotatable bonds is 4. The Balaban J connectivity index is 2.10. The van der Waals surface area contributed by atoms with Crippen LogP contribution in [0.4, 0.5) is 15.8 Å². The highest BCUT2D eigenvalue weighted by molar-refractivity contribution is 5.61. The minimum Gasteiger partial charge on any atom is -0.388 e. The molecule has 0 bridgehead atoms. The average molecular weight is 282 g/mol. The number of nitrogens with one attached hydrogen (secondary N) is 1. The minimum absolute atomic E-state index is 0.113. The normalized spacial score (nSPS) is 26.2. The summed E-state index contributed by atoms with van der Waals surface area (Å²) >= 11 is 0. The fourth-order valence-corrected chi connectivity index (χ4v) is 2.86. The third kappa shape index (κ3) is 3.45. The molecule has 6 heteroatoms. The number of nitro benzene ring substituents is 1. The highest BCUT2D eigenvalue weighted by atomic mass is 19.1. The summed E-state index contributed by atoms with van der Waals surface area (Å²) in [6.07, 6.45) is 3.34. The van der Waals surface area contributed by atoms with Gasteiger partial charge in [0.1, 0.15) is 11.5 Å². The number of nitro groups is 1. The van der Waals surface area contributed by atoms with Crippen molar-refractivity contribution in [2.75, 3.05) is 11.9 Å². The Kier molecular flexibility index (Phi) is 4.23. The molecule has 1 aliphatic carbocycles. The van der Waals surface area contributed by atoms with E-state index in [1.54, 1.807) is 0 Å². The maximum Gasteiger partial charge on any atom is 0.292 e. The van der Waals surface area contributed by atoms with E-state index >= 15 is 0 Å². The first-order valence-electron chi connectivity index (χ1n) is 6.80. The van der Waals surface area contributed by atoms with E-state index in [-0.39, 0.29) is 17.9 Å². The molecule has 5 nitrogen and oxygen atoms in total. The minimum atomic E-state index is -0.877. The molecular formula is C14H19FN2O3. The summed E-state index contributed by atoms with van der Waals surface area (Å²) in [6.45, 7) is 2.27. The molecule has 1 fully saturated rings. The molecule has 20 heavy (non-hydrogen) atoms. The Bertz CT molecular complexity index is 509. The lowest BCUT2D eigenvalue weighted by molar-refractivity contribution is -0.384. The number of benzene rings is 1. The van der Waals surface area contributed by atoms with E-state index in [0.717, 1.165) is 31.0 Å². The van der Waals surface area contributed by atoms with Gasteiger partial charge in [0.2, 0.25) is 0 Å². The Labute approximate surface area is 117 Å². The molecule has 110 valence electrons. The van der Waals surface area contributed by atoms with E-state index in [9.17, 15) is 19.6 Å². The van der Waals surface area contributed by atoms with E-state index in [0.29, 0.717) is 18.8 Å². The molecule has 0 amide bonds. The van der Waals surface area contributed by atoms with Gasteiger partial charge in [0.25, 0.3) is 5.69 Å². The molecule has 1 aromatic rings. The van der Waals surface area contributed by atoms with Crippen LogP contribution < -0.4 is 5.32 Å². The zero-order chi connectivity index (χ0) is 14.8. The monoisotopic (exact) mass is 282 g/mol. The summed E-state index contributed by atoms with van der Waals surface area (Å²) in [5, 5.41) is 24.2. The van der Waals surface area contributed by atoms with Crippen molar-refractivity contribution in [3.8, 4) is 0 Å². The maximum absolute atomic E-state index is 13.2. The number of anilines is 1. The summed E-state index contributed by atoms with van der Waals surface area (Å²) in [5.74, 6) is -0.111. The van der Waals surface area contributed by atoms with Gasteiger partial charge in [-0.05, 0) is 24.8 Å². The lowest BCUT2D eigenvalue weighted by Crippen LogP contribution is -2.41. The molecule has 1 aromatic carbocycles. The topological polar surface area (TPSA) is 75.4 Å². The Hall–Kier alpha value is -1.69. The summed E-state index contributed by atoms with van der Waals surface area (Å²) in [5.41, 5.74) is -0.946. The first-order chi connectivity index (χ1) is 9.39. The summed E-state index contributed by atoms with van der Waals surface area (Å²) in [6, 6.07) is 3.28. The molecule has 2 atom stereocenters. The molecule has 0 aromatic heterocycles. The van der Waals surface area contributed by atoms with E-state index < -0.39 is 16.3 Å². The molecule has 0 aliphatic heterocycles. The molecule has 1 aliphatic rings. The fourth-order valence-electron chi connectivity index (χ4n) is 2.86. The maximum atomic E-state index is 13.2. The molecule has 0 saturated heterocycles. The van der Waals surface area contributed by atoms with Crippen LogP contribution in [0.15, 0.2) is 18.2 Å². The standard InChI is InChI=1S/C14H19FN2O3/c1-10-3-2-6-14(18,8-10)9-16-12-7-11(15)4-5-13(12)17(19)20/h4-5,7,10,16,18H,2-3,6,8-9H2,1H3. The Morgan fingerprint density at radius 3 is 3.00 bits per heavy atom. The molecule has 2 rings (SSSR count). The quantitative estimate of drug-likeness (QED) is 0.657. The number of halogens is 1. The smallest absolute Gasteiger partial charge is 0.292 e. The van der Waals surface area contributed by atoms with Crippen molar-refractivity contribution in [1.29, 1.82) is 0 Å². The molecule has 1 saturated carbocycles. The highest BCUT2D eigenvalue weighted by Gasteiger charge is 2.32. The Morgan fingerprint density at radius 2 is 2.35 bits per heavy atom. The van der Waals surface area contributed by atoms with Gasteiger partial charge in [-0.2, -0.15) is 0 Å². The predicted molar refractivity (Wildman–Crippen MR) is 74.1 cm³/mol. The van der Waals surface area contributed by atoms with Crippen molar-refractivity contribution in [2.24, 2.45) is 5.92 Å². The molecular weight excluding hydrogens is 263 g/mol. The molecule has 2 unspecified atom stereocenters. The van der Waals surface area contributed by atoms with Gasteiger partial charge in [0.15, 0.2) is 0 Å². The summed E-state index contributed by atoms with van der Waals surface area (Å²) in [4.78, 5) is 10.3. The van der Waals surface area contributed by atoms with E-state index in [4.69, 9.17) is 0 Å². The lowest BCUT2D eigenvalue weighted by Gasteiger charge is -2.35. The zero-order valence-corrected chi connectivity index (χ0v) is 11.4. The van der Waals surface area contributed by atoms with Gasteiger partial charge in [-0.1, -0.05) is 19.8 Å². The second-order valence-corrected chi connectivity index (χ2v) is 5.70. The van der Waals surface area contributed by atoms with Gasteiger partial charge in [-0.25, -0.2) is 4.39 Å². The third-order valence-electron chi connectivity index (χ3n) is 3.83. The van der Waals surface area contributed by atoms with Crippen LogP contribution in [0.2, 0.25) is 0 Å². The summed E-state index contributed by atoms with van der Waals surface area (Å²) < 4.78 is 13.2. The molecule has 2 N–H and O–H groups in total. The number of hydrogen-bond donors (Lipinski definition) is 2. The molecule has 0 spiro atoms. The first-order valence-corrected chi connectivity index (χ1v) is 6.80. The number of hydrogen-bond acceptors (Lipinski definition) is 4. The van der Waals surface area contributed by atoms with Crippen LogP contribution >= 0.6 is 0 Å². The second kappa shape index (κ2) is 5.75. The summed E-state index contributed by atoms with van der Waals surface area (Å²) in [7, 11) is 0. The lowest BCUT2D eigenvalue weighted by atomic mass is 9.79. The average Bonchev–Trinajstić information content (AvgIpc) is 2.36. The van der Waals surface area contributed by atoms with E-state index in [1.807, 2.05) is 0 Å². The van der Waals surface area contributed by atoms with Gasteiger partial charge in [0, 0.05) is 18.7 Å². The van der Waals surface area contributed by atoms with Gasteiger partial charge in [-0.15, -0.1) is 0 Å².